The second-order valence-electron chi connectivity index (χ2n) is 27.5. The molecule has 0 aromatic heterocycles. The summed E-state index contributed by atoms with van der Waals surface area (Å²) < 4.78 is 48.6. The van der Waals surface area contributed by atoms with Gasteiger partial charge in [-0.2, -0.15) is 0 Å². The molecule has 1 aliphatic rings. The van der Waals surface area contributed by atoms with Crippen molar-refractivity contribution in [3.05, 3.63) is 0 Å². The fourth-order valence-corrected chi connectivity index (χ4v) is 13.2. The molecule has 1 aliphatic heterocycles. The molecule has 1 fully saturated rings. The van der Waals surface area contributed by atoms with Crippen molar-refractivity contribution in [2.75, 3.05) is 13.2 Å². The number of carbonyl (C=O) groups is 7. The molecule has 6 N–H and O–H groups in total. The van der Waals surface area contributed by atoms with Crippen LogP contribution in [0.25, 0.3) is 0 Å². The highest BCUT2D eigenvalue weighted by molar-refractivity contribution is 7.46. The highest BCUT2D eigenvalue weighted by Crippen LogP contribution is 2.42. The Kier molecular flexibility index (Phi) is 56.8. The summed E-state index contributed by atoms with van der Waals surface area (Å²) >= 11 is 0. The molecular weight excluding hydrogens is 1250 g/mol. The number of phosphoric acid groups is 1. The van der Waals surface area contributed by atoms with Crippen molar-refractivity contribution in [2.24, 2.45) is 5.92 Å². The van der Waals surface area contributed by atoms with Crippen LogP contribution in [0.2, 0.25) is 0 Å². The number of aliphatic hydroxyl groups is 1. The number of carbonyl (C=O) groups excluding carboxylic acids is 6. The monoisotopic (exact) mass is 1390 g/mol. The summed E-state index contributed by atoms with van der Waals surface area (Å²) in [5.41, 5.74) is 0. The number of esters is 3. The van der Waals surface area contributed by atoms with Gasteiger partial charge in [0.05, 0.1) is 32.5 Å². The zero-order chi connectivity index (χ0) is 70.9. The Balaban J connectivity index is 3.83. The topological polar surface area (TPSA) is 297 Å². The molecule has 20 nitrogen and oxygen atoms in total. The fraction of sp³-hybridized carbons (Fsp3) is 0.907. The Bertz CT molecular complexity index is 2040. The van der Waals surface area contributed by atoms with Crippen LogP contribution < -0.4 is 10.6 Å². The molecule has 9 atom stereocenters. The number of Topliss-reactive ketones (excluding diaryl/α,β-unsaturated/α-hetero) is 1. The minimum Gasteiger partial charge on any atom is -0.480 e. The number of amides is 2. The Labute approximate surface area is 580 Å². The molecule has 21 heteroatoms. The SMILES string of the molecule is CCCCCCCCCCC[C@H](CC(=O)N[C@@H](COC1O[C@H](CO)[C@@H](OP(=O)(O)O)[C@H](OC(=O)C[C@@H](CCCCCCCCCCC)C(=O)CCCCCCC)[C@H]1NC(=O)C[C@@H](CCCCCCCCCCC)OC(=O)CCCCCCC)C(=O)O)OC(=O)CCCCCCC. The first-order chi connectivity index (χ1) is 46.4. The number of unbranched alkanes of at least 4 members (excludes halogenated alkanes) is 36. The molecule has 1 rings (SSSR count). The van der Waals surface area contributed by atoms with Crippen LogP contribution in [-0.2, 0) is 66.3 Å². The molecule has 1 unspecified atom stereocenters. The lowest BCUT2D eigenvalue weighted by Gasteiger charge is -2.45. The Hall–Kier alpha value is -3.52. The minimum atomic E-state index is -5.54. The molecule has 96 heavy (non-hydrogen) atoms. The molecule has 0 aromatic carbocycles. The molecule has 0 spiro atoms. The van der Waals surface area contributed by atoms with Gasteiger partial charge in [0.1, 0.15) is 36.2 Å². The van der Waals surface area contributed by atoms with Gasteiger partial charge < -0.3 is 54.3 Å². The predicted molar refractivity (Wildman–Crippen MR) is 378 cm³/mol. The number of carboxylic acid groups (broad SMARTS) is 1. The van der Waals surface area contributed by atoms with Gasteiger partial charge in [0, 0.05) is 25.2 Å². The summed E-state index contributed by atoms with van der Waals surface area (Å²) in [6, 6.07) is -3.56. The van der Waals surface area contributed by atoms with Crippen LogP contribution in [0.1, 0.15) is 369 Å². The van der Waals surface area contributed by atoms with Crippen molar-refractivity contribution in [2.45, 2.75) is 418 Å². The first-order valence-electron chi connectivity index (χ1n) is 38.9. The third-order valence-electron chi connectivity index (χ3n) is 18.4. The third-order valence-corrected chi connectivity index (χ3v) is 19.0. The van der Waals surface area contributed by atoms with E-state index in [0.29, 0.717) is 57.8 Å². The molecule has 0 bridgehead atoms. The van der Waals surface area contributed by atoms with Crippen molar-refractivity contribution >= 4 is 49.3 Å². The summed E-state index contributed by atoms with van der Waals surface area (Å²) in [6.07, 6.45) is 32.6. The van der Waals surface area contributed by atoms with Crippen LogP contribution in [0.5, 0.6) is 0 Å². The van der Waals surface area contributed by atoms with Crippen molar-refractivity contribution < 1.29 is 86.3 Å². The van der Waals surface area contributed by atoms with E-state index in [0.717, 1.165) is 186 Å². The van der Waals surface area contributed by atoms with E-state index in [9.17, 15) is 58.1 Å². The third kappa shape index (κ3) is 48.3. The zero-order valence-corrected chi connectivity index (χ0v) is 62.0. The van der Waals surface area contributed by atoms with Gasteiger partial charge in [0.15, 0.2) is 18.4 Å². The molecule has 562 valence electrons. The Morgan fingerprint density at radius 3 is 1.20 bits per heavy atom. The van der Waals surface area contributed by atoms with Gasteiger partial charge in [0.25, 0.3) is 0 Å². The van der Waals surface area contributed by atoms with Crippen molar-refractivity contribution in [1.82, 2.24) is 10.6 Å². The second-order valence-corrected chi connectivity index (χ2v) is 28.7. The van der Waals surface area contributed by atoms with Crippen LogP contribution in [0.15, 0.2) is 0 Å². The molecule has 0 aromatic rings. The number of nitrogens with one attached hydrogen (secondary N) is 2. The van der Waals surface area contributed by atoms with E-state index < -0.39 is 124 Å². The molecule has 0 radical (unpaired) electrons. The molecule has 0 aliphatic carbocycles. The second kappa shape index (κ2) is 60.3. The number of ether oxygens (including phenoxy) is 5. The summed E-state index contributed by atoms with van der Waals surface area (Å²) in [6.45, 7) is 11.0. The Morgan fingerprint density at radius 2 is 0.812 bits per heavy atom. The lowest BCUT2D eigenvalue weighted by Crippen LogP contribution is -2.66. The summed E-state index contributed by atoms with van der Waals surface area (Å²) in [4.78, 5) is 118. The van der Waals surface area contributed by atoms with Gasteiger partial charge >= 0.3 is 31.7 Å². The van der Waals surface area contributed by atoms with E-state index in [4.69, 9.17) is 28.2 Å². The first-order valence-corrected chi connectivity index (χ1v) is 40.4. The van der Waals surface area contributed by atoms with Gasteiger partial charge in [-0.15, -0.1) is 0 Å². The van der Waals surface area contributed by atoms with Gasteiger partial charge in [-0.25, -0.2) is 9.36 Å². The number of ketones is 1. The van der Waals surface area contributed by atoms with Crippen molar-refractivity contribution in [3.63, 3.8) is 0 Å². The van der Waals surface area contributed by atoms with Crippen LogP contribution in [0.3, 0.4) is 0 Å². The van der Waals surface area contributed by atoms with Crippen LogP contribution in [0.4, 0.5) is 0 Å². The number of phosphoric ester groups is 1. The normalized spacial score (nSPS) is 17.7. The number of aliphatic hydroxyl groups excluding tert-OH is 1. The van der Waals surface area contributed by atoms with Gasteiger partial charge in [-0.05, 0) is 51.4 Å². The highest BCUT2D eigenvalue weighted by atomic mass is 31.2. The number of aliphatic carboxylic acids is 1. The van der Waals surface area contributed by atoms with Gasteiger partial charge in [-0.1, -0.05) is 279 Å². The fourth-order valence-electron chi connectivity index (χ4n) is 12.6. The highest BCUT2D eigenvalue weighted by Gasteiger charge is 2.52. The standard InChI is InChI=1S/C75H139N2O18P/c1-7-13-19-25-28-31-34-40-43-49-60(64(79)52-46-37-22-16-10-4)55-70(84)94-73-71(77-67(81)57-62(92-69(83)54-48-39-24-18-12-6)51-45-42-36-33-30-27-21-15-9-3)75(93-65(58-78)72(73)95-96(87,88)89)90-59-63(74(85)86)76-66(80)56-61(91-68(82)53-47-38-23-17-11-5)50-44-41-35-32-29-26-20-14-8-2/h60-63,65,71-73,75,78H,7-59H2,1-6H3,(H,76,80)(H,77,81)(H,85,86)(H2,87,88,89)/t60-,61-,62-,63+,65-,71-,72-,73-,75?/m1/s1. The number of hydrogen-bond donors (Lipinski definition) is 6. The maximum atomic E-state index is 14.7. The summed E-state index contributed by atoms with van der Waals surface area (Å²) in [5.74, 6) is -5.89. The number of hydrogen-bond acceptors (Lipinski definition) is 15. The lowest BCUT2D eigenvalue weighted by atomic mass is 9.90. The quantitative estimate of drug-likeness (QED) is 0.0143. The van der Waals surface area contributed by atoms with Crippen molar-refractivity contribution in [1.29, 1.82) is 0 Å². The van der Waals surface area contributed by atoms with E-state index in [1.807, 2.05) is 0 Å². The summed E-state index contributed by atoms with van der Waals surface area (Å²) in [5, 5.41) is 26.8. The molecule has 1 saturated heterocycles. The van der Waals surface area contributed by atoms with E-state index in [-0.39, 0.29) is 31.5 Å². The van der Waals surface area contributed by atoms with Crippen molar-refractivity contribution in [3.8, 4) is 0 Å². The maximum absolute atomic E-state index is 14.7. The van der Waals surface area contributed by atoms with Gasteiger partial charge in [-0.3, -0.25) is 33.3 Å². The first kappa shape index (κ1) is 90.5. The van der Waals surface area contributed by atoms with Crippen LogP contribution >= 0.6 is 7.82 Å². The van der Waals surface area contributed by atoms with E-state index in [1.54, 1.807) is 0 Å². The molecule has 2 amide bonds. The van der Waals surface area contributed by atoms with Crippen LogP contribution in [-0.4, -0.2) is 124 Å². The number of rotatable bonds is 67. The average molecular weight is 1390 g/mol. The van der Waals surface area contributed by atoms with E-state index >= 15 is 0 Å². The average Bonchev–Trinajstić information content (AvgIpc) is 0.784. The largest absolute Gasteiger partial charge is 0.480 e. The van der Waals surface area contributed by atoms with E-state index in [2.05, 4.69) is 52.2 Å². The zero-order valence-electron chi connectivity index (χ0n) is 61.1. The molecule has 1 heterocycles. The molecular formula is C75H139N2O18P. The smallest absolute Gasteiger partial charge is 0.470 e. The predicted octanol–water partition coefficient (Wildman–Crippen LogP) is 17.2. The molecule has 0 saturated carbocycles. The summed E-state index contributed by atoms with van der Waals surface area (Å²) in [7, 11) is -5.54. The maximum Gasteiger partial charge on any atom is 0.470 e. The Morgan fingerprint density at radius 1 is 0.448 bits per heavy atom. The minimum absolute atomic E-state index is 0.127. The van der Waals surface area contributed by atoms with E-state index in [1.165, 1.54) is 44.9 Å². The lowest BCUT2D eigenvalue weighted by molar-refractivity contribution is -0.272. The number of carboxylic acids is 1. The van der Waals surface area contributed by atoms with Crippen LogP contribution in [0, 0.1) is 5.92 Å². The van der Waals surface area contributed by atoms with Gasteiger partial charge in [0.2, 0.25) is 11.8 Å².